The van der Waals surface area contributed by atoms with E-state index in [0.29, 0.717) is 17.7 Å². The number of aryl methyl sites for hydroxylation is 1. The first-order valence-corrected chi connectivity index (χ1v) is 6.65. The number of amides is 1. The van der Waals surface area contributed by atoms with Gasteiger partial charge in [0.25, 0.3) is 5.91 Å². The molecule has 1 aliphatic heterocycles. The molecule has 5 nitrogen and oxygen atoms in total. The van der Waals surface area contributed by atoms with E-state index in [0.717, 1.165) is 12.0 Å². The number of carboxylic acids is 1. The smallest absolute Gasteiger partial charge is 0.326 e. The number of hydrogen-bond acceptors (Lipinski definition) is 3. The maximum absolute atomic E-state index is 12.6. The van der Waals surface area contributed by atoms with Crippen molar-refractivity contribution in [2.24, 2.45) is 0 Å². The van der Waals surface area contributed by atoms with Crippen LogP contribution in [0, 0.1) is 6.92 Å². The second-order valence-corrected chi connectivity index (χ2v) is 5.17. The Hall–Kier alpha value is -2.04. The number of ether oxygens (including phenoxy) is 1. The number of carbonyl (C=O) groups is 2. The van der Waals surface area contributed by atoms with E-state index >= 15 is 0 Å². The summed E-state index contributed by atoms with van der Waals surface area (Å²) in [4.78, 5) is 25.4. The van der Waals surface area contributed by atoms with Crippen LogP contribution in [0.3, 0.4) is 0 Å². The van der Waals surface area contributed by atoms with Crippen molar-refractivity contribution >= 4 is 11.9 Å². The summed E-state index contributed by atoms with van der Waals surface area (Å²) in [7, 11) is 1.57. The largest absolute Gasteiger partial charge is 0.497 e. The van der Waals surface area contributed by atoms with Crippen LogP contribution in [0.5, 0.6) is 5.75 Å². The average Bonchev–Trinajstić information content (AvgIpc) is 2.79. The zero-order valence-electron chi connectivity index (χ0n) is 11.9. The van der Waals surface area contributed by atoms with Gasteiger partial charge in [-0.2, -0.15) is 0 Å². The Kier molecular flexibility index (Phi) is 3.97. The van der Waals surface area contributed by atoms with Crippen molar-refractivity contribution in [3.8, 4) is 5.75 Å². The van der Waals surface area contributed by atoms with E-state index in [9.17, 15) is 14.7 Å². The Bertz CT molecular complexity index is 541. The van der Waals surface area contributed by atoms with Crippen LogP contribution in [0.2, 0.25) is 0 Å². The molecule has 20 heavy (non-hydrogen) atoms. The quantitative estimate of drug-likeness (QED) is 0.918. The molecule has 0 saturated carbocycles. The number of methoxy groups -OCH3 is 1. The third kappa shape index (κ3) is 2.48. The second-order valence-electron chi connectivity index (χ2n) is 5.17. The predicted molar refractivity (Wildman–Crippen MR) is 74.0 cm³/mol. The highest BCUT2D eigenvalue weighted by molar-refractivity contribution is 5.98. The Balaban J connectivity index is 2.32. The van der Waals surface area contributed by atoms with Crippen LogP contribution in [0.25, 0.3) is 0 Å². The maximum atomic E-state index is 12.6. The highest BCUT2D eigenvalue weighted by Crippen LogP contribution is 2.28. The number of hydrogen-bond donors (Lipinski definition) is 1. The molecule has 1 aromatic carbocycles. The number of likely N-dealkylation sites (tertiary alicyclic amines) is 1. The SMILES string of the molecule is COc1ccc(C(=O)N2[C@@H](C)CC[C@H]2C(=O)O)c(C)c1. The molecular formula is C15H19NO4. The van der Waals surface area contributed by atoms with E-state index in [4.69, 9.17) is 4.74 Å². The van der Waals surface area contributed by atoms with Gasteiger partial charge in [0.15, 0.2) is 0 Å². The molecular weight excluding hydrogens is 258 g/mol. The molecule has 1 heterocycles. The first-order chi connectivity index (χ1) is 9.45. The fourth-order valence-electron chi connectivity index (χ4n) is 2.71. The van der Waals surface area contributed by atoms with Gasteiger partial charge in [0.1, 0.15) is 11.8 Å². The number of rotatable bonds is 3. The van der Waals surface area contributed by atoms with Gasteiger partial charge in [-0.15, -0.1) is 0 Å². The molecule has 1 amide bonds. The van der Waals surface area contributed by atoms with Crippen LogP contribution >= 0.6 is 0 Å². The number of benzene rings is 1. The van der Waals surface area contributed by atoms with Gasteiger partial charge < -0.3 is 14.7 Å². The van der Waals surface area contributed by atoms with Crippen molar-refractivity contribution in [2.75, 3.05) is 7.11 Å². The van der Waals surface area contributed by atoms with Crippen LogP contribution in [0.4, 0.5) is 0 Å². The third-order valence-electron chi connectivity index (χ3n) is 3.85. The lowest BCUT2D eigenvalue weighted by molar-refractivity contribution is -0.141. The van der Waals surface area contributed by atoms with E-state index in [1.54, 1.807) is 25.3 Å². The standard InChI is InChI=1S/C15H19NO4/c1-9-8-11(20-3)5-6-12(9)14(17)16-10(2)4-7-13(16)15(18)19/h5-6,8,10,13H,4,7H2,1-3H3,(H,18,19)/t10-,13-/m0/s1. The van der Waals surface area contributed by atoms with Crippen LogP contribution in [-0.4, -0.2) is 41.1 Å². The van der Waals surface area contributed by atoms with Gasteiger partial charge in [0.2, 0.25) is 0 Å². The summed E-state index contributed by atoms with van der Waals surface area (Å²) in [5.74, 6) is -0.472. The molecule has 0 spiro atoms. The maximum Gasteiger partial charge on any atom is 0.326 e. The first kappa shape index (κ1) is 14.4. The van der Waals surface area contributed by atoms with E-state index in [1.807, 2.05) is 13.8 Å². The fourth-order valence-corrected chi connectivity index (χ4v) is 2.71. The average molecular weight is 277 g/mol. The third-order valence-corrected chi connectivity index (χ3v) is 3.85. The Morgan fingerprint density at radius 1 is 1.35 bits per heavy atom. The summed E-state index contributed by atoms with van der Waals surface area (Å²) in [5, 5.41) is 9.23. The second kappa shape index (κ2) is 5.53. The molecule has 0 bridgehead atoms. The summed E-state index contributed by atoms with van der Waals surface area (Å²) in [6, 6.07) is 4.42. The minimum Gasteiger partial charge on any atom is -0.497 e. The van der Waals surface area contributed by atoms with Crippen molar-refractivity contribution < 1.29 is 19.4 Å². The normalized spacial score (nSPS) is 21.9. The minimum atomic E-state index is -0.936. The highest BCUT2D eigenvalue weighted by Gasteiger charge is 2.39. The molecule has 0 unspecified atom stereocenters. The van der Waals surface area contributed by atoms with Crippen LogP contribution in [-0.2, 0) is 4.79 Å². The summed E-state index contributed by atoms with van der Waals surface area (Å²) in [6.45, 7) is 3.71. The minimum absolute atomic E-state index is 0.0508. The van der Waals surface area contributed by atoms with Gasteiger partial charge in [-0.1, -0.05) is 0 Å². The van der Waals surface area contributed by atoms with Crippen molar-refractivity contribution in [1.82, 2.24) is 4.90 Å². The summed E-state index contributed by atoms with van der Waals surface area (Å²) in [6.07, 6.45) is 1.23. The molecule has 1 aliphatic rings. The monoisotopic (exact) mass is 277 g/mol. The summed E-state index contributed by atoms with van der Waals surface area (Å²) >= 11 is 0. The molecule has 2 rings (SSSR count). The highest BCUT2D eigenvalue weighted by atomic mass is 16.5. The fraction of sp³-hybridized carbons (Fsp3) is 0.467. The van der Waals surface area contributed by atoms with Gasteiger partial charge >= 0.3 is 5.97 Å². The molecule has 1 aromatic rings. The van der Waals surface area contributed by atoms with Crippen LogP contribution in [0.1, 0.15) is 35.7 Å². The van der Waals surface area contributed by atoms with Gasteiger partial charge in [-0.25, -0.2) is 4.79 Å². The molecule has 1 N–H and O–H groups in total. The molecule has 5 heteroatoms. The summed E-state index contributed by atoms with van der Waals surface area (Å²) in [5.41, 5.74) is 1.32. The Morgan fingerprint density at radius 2 is 2.05 bits per heavy atom. The first-order valence-electron chi connectivity index (χ1n) is 6.65. The zero-order chi connectivity index (χ0) is 14.9. The van der Waals surface area contributed by atoms with Gasteiger partial charge in [0, 0.05) is 11.6 Å². The number of aliphatic carboxylic acids is 1. The lowest BCUT2D eigenvalue weighted by atomic mass is 10.1. The van der Waals surface area contributed by atoms with E-state index in [-0.39, 0.29) is 11.9 Å². The van der Waals surface area contributed by atoms with Gasteiger partial charge in [-0.3, -0.25) is 4.79 Å². The van der Waals surface area contributed by atoms with Crippen LogP contribution in [0.15, 0.2) is 18.2 Å². The van der Waals surface area contributed by atoms with Crippen molar-refractivity contribution in [3.63, 3.8) is 0 Å². The zero-order valence-corrected chi connectivity index (χ0v) is 11.9. The summed E-state index contributed by atoms with van der Waals surface area (Å²) < 4.78 is 5.12. The van der Waals surface area contributed by atoms with E-state index in [2.05, 4.69) is 0 Å². The number of nitrogens with zero attached hydrogens (tertiary/aromatic N) is 1. The molecule has 2 atom stereocenters. The van der Waals surface area contributed by atoms with Gasteiger partial charge in [0.05, 0.1) is 7.11 Å². The van der Waals surface area contributed by atoms with Crippen LogP contribution < -0.4 is 4.74 Å². The predicted octanol–water partition coefficient (Wildman–Crippen LogP) is 2.08. The van der Waals surface area contributed by atoms with Gasteiger partial charge in [-0.05, 0) is 50.5 Å². The topological polar surface area (TPSA) is 66.8 Å². The van der Waals surface area contributed by atoms with E-state index < -0.39 is 12.0 Å². The molecule has 0 radical (unpaired) electrons. The molecule has 108 valence electrons. The number of carboxylic acid groups (broad SMARTS) is 1. The Labute approximate surface area is 118 Å². The Morgan fingerprint density at radius 3 is 2.60 bits per heavy atom. The molecule has 0 aromatic heterocycles. The lowest BCUT2D eigenvalue weighted by Crippen LogP contribution is -2.44. The molecule has 1 saturated heterocycles. The molecule has 1 fully saturated rings. The lowest BCUT2D eigenvalue weighted by Gasteiger charge is -2.26. The molecule has 0 aliphatic carbocycles. The van der Waals surface area contributed by atoms with Crippen molar-refractivity contribution in [3.05, 3.63) is 29.3 Å². The van der Waals surface area contributed by atoms with E-state index in [1.165, 1.54) is 4.90 Å². The van der Waals surface area contributed by atoms with Crippen molar-refractivity contribution in [1.29, 1.82) is 0 Å². The van der Waals surface area contributed by atoms with Crippen molar-refractivity contribution in [2.45, 2.75) is 38.8 Å². The number of carbonyl (C=O) groups excluding carboxylic acids is 1.